The number of aromatic amines is 1. The van der Waals surface area contributed by atoms with Crippen LogP contribution in [0.2, 0.25) is 0 Å². The number of H-pyrrole nitrogens is 1. The summed E-state index contributed by atoms with van der Waals surface area (Å²) in [7, 11) is 1.89. The molecular weight excluding hydrogens is 364 g/mol. The van der Waals surface area contributed by atoms with E-state index in [4.69, 9.17) is 0 Å². The molecule has 4 heterocycles. The summed E-state index contributed by atoms with van der Waals surface area (Å²) < 4.78 is 1.80. The molecule has 0 unspecified atom stereocenters. The Labute approximate surface area is 166 Å². The largest absolute Gasteiger partial charge is 0.346 e. The molecule has 1 amide bonds. The monoisotopic (exact) mass is 382 g/mol. The van der Waals surface area contributed by atoms with Gasteiger partial charge in [-0.1, -0.05) is 6.07 Å². The van der Waals surface area contributed by atoms with Crippen LogP contribution in [0, 0.1) is 6.92 Å². The molecule has 5 rings (SSSR count). The quantitative estimate of drug-likeness (QED) is 0.492. The van der Waals surface area contributed by atoms with Gasteiger partial charge in [-0.25, -0.2) is 9.97 Å². The maximum Gasteiger partial charge on any atom is 0.274 e. The molecule has 0 atom stereocenters. The highest BCUT2D eigenvalue weighted by atomic mass is 16.1. The summed E-state index contributed by atoms with van der Waals surface area (Å²) in [6.07, 6.45) is 5.41. The van der Waals surface area contributed by atoms with Crippen LogP contribution in [0.1, 0.15) is 16.2 Å². The summed E-state index contributed by atoms with van der Waals surface area (Å²) in [6.45, 7) is 1.86. The minimum atomic E-state index is -0.252. The van der Waals surface area contributed by atoms with E-state index in [1.807, 2.05) is 50.5 Å². The van der Waals surface area contributed by atoms with E-state index in [0.717, 1.165) is 38.8 Å². The van der Waals surface area contributed by atoms with Crippen molar-refractivity contribution in [3.63, 3.8) is 0 Å². The normalized spacial score (nSPS) is 11.2. The van der Waals surface area contributed by atoms with Crippen LogP contribution in [0.25, 0.3) is 33.1 Å². The summed E-state index contributed by atoms with van der Waals surface area (Å²) in [6, 6.07) is 13.4. The summed E-state index contributed by atoms with van der Waals surface area (Å²) in [5.41, 5.74) is 5.62. The highest BCUT2D eigenvalue weighted by molar-refractivity contribution is 6.09. The highest BCUT2D eigenvalue weighted by Crippen LogP contribution is 2.34. The highest BCUT2D eigenvalue weighted by Gasteiger charge is 2.15. The zero-order valence-electron chi connectivity index (χ0n) is 16.0. The first-order valence-corrected chi connectivity index (χ1v) is 9.23. The van der Waals surface area contributed by atoms with E-state index in [9.17, 15) is 4.79 Å². The van der Waals surface area contributed by atoms with Crippen LogP contribution in [-0.4, -0.2) is 30.6 Å². The molecule has 142 valence electrons. The number of carbonyl (C=O) groups is 1. The van der Waals surface area contributed by atoms with Crippen molar-refractivity contribution in [2.75, 3.05) is 5.32 Å². The van der Waals surface area contributed by atoms with Crippen molar-refractivity contribution >= 4 is 33.5 Å². The molecular formula is C22H18N6O. The SMILES string of the molecule is Cc1cccc(C(=O)Nc2cc(-c3ccnc4[nH]ccc34)cc3c2cnn3C)n1. The smallest absolute Gasteiger partial charge is 0.274 e. The minimum Gasteiger partial charge on any atom is -0.346 e. The maximum absolute atomic E-state index is 12.8. The second kappa shape index (κ2) is 6.56. The number of benzene rings is 1. The predicted octanol–water partition coefficient (Wildman–Crippen LogP) is 4.07. The first-order chi connectivity index (χ1) is 14.1. The van der Waals surface area contributed by atoms with Crippen LogP contribution in [0.3, 0.4) is 0 Å². The number of anilines is 1. The lowest BCUT2D eigenvalue weighted by Crippen LogP contribution is -2.14. The fourth-order valence-corrected chi connectivity index (χ4v) is 3.58. The Morgan fingerprint density at radius 3 is 2.90 bits per heavy atom. The van der Waals surface area contributed by atoms with Gasteiger partial charge in [0.2, 0.25) is 0 Å². The predicted molar refractivity (Wildman–Crippen MR) is 113 cm³/mol. The molecule has 1 aromatic carbocycles. The molecule has 5 aromatic rings. The number of hydrogen-bond donors (Lipinski definition) is 2. The van der Waals surface area contributed by atoms with Crippen LogP contribution in [0.15, 0.2) is 61.1 Å². The van der Waals surface area contributed by atoms with E-state index in [1.54, 1.807) is 23.1 Å². The van der Waals surface area contributed by atoms with Gasteiger partial charge in [-0.15, -0.1) is 0 Å². The first kappa shape index (κ1) is 17.1. The Hall–Kier alpha value is -4.00. The lowest BCUT2D eigenvalue weighted by atomic mass is 10.0. The van der Waals surface area contributed by atoms with Crippen LogP contribution in [-0.2, 0) is 7.05 Å². The van der Waals surface area contributed by atoms with Crippen LogP contribution in [0.5, 0.6) is 0 Å². The molecule has 0 saturated heterocycles. The minimum absolute atomic E-state index is 0.252. The maximum atomic E-state index is 12.8. The van der Waals surface area contributed by atoms with Crippen molar-refractivity contribution < 1.29 is 4.79 Å². The van der Waals surface area contributed by atoms with Gasteiger partial charge in [0.25, 0.3) is 5.91 Å². The number of aryl methyl sites for hydroxylation is 2. The van der Waals surface area contributed by atoms with Crippen molar-refractivity contribution in [1.29, 1.82) is 0 Å². The number of nitrogens with zero attached hydrogens (tertiary/aromatic N) is 4. The van der Waals surface area contributed by atoms with Gasteiger partial charge in [0.1, 0.15) is 11.3 Å². The van der Waals surface area contributed by atoms with Gasteiger partial charge in [-0.05, 0) is 54.4 Å². The number of amides is 1. The molecule has 0 aliphatic rings. The van der Waals surface area contributed by atoms with Crippen LogP contribution in [0.4, 0.5) is 5.69 Å². The van der Waals surface area contributed by atoms with Crippen molar-refractivity contribution in [3.8, 4) is 11.1 Å². The number of rotatable bonds is 3. The third kappa shape index (κ3) is 2.93. The molecule has 4 aromatic heterocycles. The Bertz CT molecular complexity index is 1380. The number of hydrogen-bond acceptors (Lipinski definition) is 4. The third-order valence-corrected chi connectivity index (χ3v) is 5.01. The van der Waals surface area contributed by atoms with E-state index in [2.05, 4.69) is 31.4 Å². The van der Waals surface area contributed by atoms with Gasteiger partial charge in [0.05, 0.1) is 17.4 Å². The van der Waals surface area contributed by atoms with Crippen LogP contribution < -0.4 is 5.32 Å². The van der Waals surface area contributed by atoms with Crippen molar-refractivity contribution in [1.82, 2.24) is 24.7 Å². The third-order valence-electron chi connectivity index (χ3n) is 5.01. The van der Waals surface area contributed by atoms with Gasteiger partial charge in [-0.2, -0.15) is 5.10 Å². The molecule has 7 nitrogen and oxygen atoms in total. The summed E-state index contributed by atoms with van der Waals surface area (Å²) >= 11 is 0. The molecule has 0 radical (unpaired) electrons. The van der Waals surface area contributed by atoms with E-state index in [-0.39, 0.29) is 5.91 Å². The zero-order valence-corrected chi connectivity index (χ0v) is 16.0. The molecule has 2 N–H and O–H groups in total. The lowest BCUT2D eigenvalue weighted by Gasteiger charge is -2.11. The Morgan fingerprint density at radius 2 is 2.03 bits per heavy atom. The van der Waals surface area contributed by atoms with Gasteiger partial charge < -0.3 is 10.3 Å². The average molecular weight is 382 g/mol. The van der Waals surface area contributed by atoms with Gasteiger partial charge >= 0.3 is 0 Å². The number of aromatic nitrogens is 5. The molecule has 29 heavy (non-hydrogen) atoms. The Morgan fingerprint density at radius 1 is 1.14 bits per heavy atom. The van der Waals surface area contributed by atoms with Gasteiger partial charge in [0, 0.05) is 35.9 Å². The molecule has 0 spiro atoms. The van der Waals surface area contributed by atoms with Gasteiger partial charge in [-0.3, -0.25) is 9.48 Å². The second-order valence-electron chi connectivity index (χ2n) is 6.94. The van der Waals surface area contributed by atoms with Crippen molar-refractivity contribution in [2.45, 2.75) is 6.92 Å². The van der Waals surface area contributed by atoms with Gasteiger partial charge in [0.15, 0.2) is 0 Å². The Kier molecular flexibility index (Phi) is 3.87. The fraction of sp³-hybridized carbons (Fsp3) is 0.0909. The number of fused-ring (bicyclic) bond motifs is 2. The van der Waals surface area contributed by atoms with E-state index in [0.29, 0.717) is 11.4 Å². The average Bonchev–Trinajstić information content (AvgIpc) is 3.35. The zero-order chi connectivity index (χ0) is 20.0. The topological polar surface area (TPSA) is 88.5 Å². The van der Waals surface area contributed by atoms with E-state index < -0.39 is 0 Å². The van der Waals surface area contributed by atoms with Crippen molar-refractivity contribution in [3.05, 3.63) is 72.4 Å². The fourth-order valence-electron chi connectivity index (χ4n) is 3.58. The summed E-state index contributed by atoms with van der Waals surface area (Å²) in [4.78, 5) is 24.6. The molecule has 7 heteroatoms. The first-order valence-electron chi connectivity index (χ1n) is 9.23. The molecule has 0 fully saturated rings. The number of carbonyl (C=O) groups excluding carboxylic acids is 1. The van der Waals surface area contributed by atoms with E-state index in [1.165, 1.54) is 0 Å². The summed E-state index contributed by atoms with van der Waals surface area (Å²) in [5.74, 6) is -0.252. The second-order valence-corrected chi connectivity index (χ2v) is 6.94. The molecule has 0 aliphatic carbocycles. The molecule has 0 saturated carbocycles. The number of pyridine rings is 2. The lowest BCUT2D eigenvalue weighted by molar-refractivity contribution is 0.102. The molecule has 0 aliphatic heterocycles. The number of nitrogens with one attached hydrogen (secondary N) is 2. The standard InChI is InChI=1S/C22H18N6O/c1-13-4-3-5-18(26-13)22(29)27-19-10-14(11-20-17(19)12-25-28(20)2)15-6-8-23-21-16(15)7-9-24-21/h3-12H,1-2H3,(H,23,24)(H,27,29). The molecule has 0 bridgehead atoms. The van der Waals surface area contributed by atoms with Crippen molar-refractivity contribution in [2.24, 2.45) is 7.05 Å². The Balaban J connectivity index is 1.65. The van der Waals surface area contributed by atoms with Crippen LogP contribution >= 0.6 is 0 Å². The summed E-state index contributed by atoms with van der Waals surface area (Å²) in [5, 5.41) is 9.28. The van der Waals surface area contributed by atoms with E-state index >= 15 is 0 Å².